The van der Waals surface area contributed by atoms with Gasteiger partial charge in [-0.15, -0.1) is 0 Å². The summed E-state index contributed by atoms with van der Waals surface area (Å²) in [6.45, 7) is 4.19. The van der Waals surface area contributed by atoms with Gasteiger partial charge in [-0.3, -0.25) is 4.79 Å². The van der Waals surface area contributed by atoms with E-state index in [2.05, 4.69) is 5.32 Å². The third-order valence-corrected chi connectivity index (χ3v) is 4.49. The number of carbonyl (C=O) groups is 2. The number of aromatic nitrogens is 1. The van der Waals surface area contributed by atoms with Crippen LogP contribution in [-0.2, 0) is 16.1 Å². The summed E-state index contributed by atoms with van der Waals surface area (Å²) in [5, 5.41) is 2.92. The second-order valence-electron chi connectivity index (χ2n) is 7.59. The average Bonchev–Trinajstić information content (AvgIpc) is 3.18. The highest BCUT2D eigenvalue weighted by atomic mass is 16.5. The van der Waals surface area contributed by atoms with Crippen molar-refractivity contribution < 1.29 is 29.4 Å². The van der Waals surface area contributed by atoms with Crippen molar-refractivity contribution in [1.29, 1.82) is 0 Å². The number of amides is 1. The molecule has 0 bridgehead atoms. The number of rotatable bonds is 5. The lowest BCUT2D eigenvalue weighted by molar-refractivity contribution is -0.145. The quantitative estimate of drug-likeness (QED) is 0.756. The van der Waals surface area contributed by atoms with Gasteiger partial charge in [0.2, 0.25) is 0 Å². The van der Waals surface area contributed by atoms with E-state index in [0.717, 1.165) is 4.57 Å². The van der Waals surface area contributed by atoms with Crippen molar-refractivity contribution in [1.82, 2.24) is 9.88 Å². The van der Waals surface area contributed by atoms with E-state index >= 15 is 0 Å². The summed E-state index contributed by atoms with van der Waals surface area (Å²) in [7, 11) is 1.18. The summed E-state index contributed by atoms with van der Waals surface area (Å²) in [5.74, 6) is -4.60. The maximum Gasteiger partial charge on any atom is 0.328 e. The minimum atomic E-state index is -3.63. The summed E-state index contributed by atoms with van der Waals surface area (Å²) >= 11 is 0. The van der Waals surface area contributed by atoms with Crippen LogP contribution in [0.1, 0.15) is 78.1 Å². The minimum absolute atomic E-state index is 0.00867. The Bertz CT molecular complexity index is 1270. The molecule has 0 spiro atoms. The van der Waals surface area contributed by atoms with Crippen molar-refractivity contribution in [2.75, 3.05) is 7.11 Å². The van der Waals surface area contributed by atoms with Crippen LogP contribution in [0.2, 0.25) is 0 Å². The van der Waals surface area contributed by atoms with Crippen molar-refractivity contribution in [3.63, 3.8) is 0 Å². The van der Waals surface area contributed by atoms with Crippen LogP contribution in [0.5, 0.6) is 0 Å². The molecule has 5 heteroatoms. The smallest absolute Gasteiger partial charge is 0.328 e. The largest absolute Gasteiger partial charge is 0.467 e. The highest BCUT2D eigenvalue weighted by Crippen LogP contribution is 2.29. The Morgan fingerprint density at radius 1 is 1.29 bits per heavy atom. The molecule has 5 nitrogen and oxygen atoms in total. The summed E-state index contributed by atoms with van der Waals surface area (Å²) in [6, 6.07) is 5.18. The first-order valence-corrected chi connectivity index (χ1v) is 8.90. The van der Waals surface area contributed by atoms with Crippen LogP contribution in [0.3, 0.4) is 0 Å². The van der Waals surface area contributed by atoms with Gasteiger partial charge in [-0.25, -0.2) is 4.79 Å². The molecule has 0 saturated heterocycles. The van der Waals surface area contributed by atoms with E-state index in [-0.39, 0.29) is 11.1 Å². The van der Waals surface area contributed by atoms with E-state index in [1.807, 2.05) is 0 Å². The lowest BCUT2D eigenvalue weighted by Crippen LogP contribution is -2.49. The molecule has 1 unspecified atom stereocenters. The van der Waals surface area contributed by atoms with Gasteiger partial charge in [0.25, 0.3) is 5.91 Å². The molecule has 1 atom stereocenters. The maximum absolute atomic E-state index is 13.4. The summed E-state index contributed by atoms with van der Waals surface area (Å²) in [6.07, 6.45) is -16.7. The van der Waals surface area contributed by atoms with Gasteiger partial charge in [0, 0.05) is 38.7 Å². The number of hydrogen-bond acceptors (Lipinski definition) is 3. The Kier molecular flexibility index (Phi) is 3.13. The number of methoxy groups -OCH3 is 1. The number of hydrogen-bond donors (Lipinski definition) is 1. The SMILES string of the molecule is [2H]C1([2H])C([2H])([2H])C([2H])([2H])C([2H])(Cn2cc(C(=O)NC(C(=O)OC)C(C)(C)C)c3ccccc32)C([2H])([2H])C1([2H])[2H]. The van der Waals surface area contributed by atoms with Crippen molar-refractivity contribution in [2.24, 2.45) is 11.3 Å². The second kappa shape index (κ2) is 8.38. The molecular weight excluding hydrogens is 352 g/mol. The normalized spacial score (nSPS) is 32.6. The highest BCUT2D eigenvalue weighted by Gasteiger charge is 2.34. The number of nitrogens with zero attached hydrogens (tertiary/aromatic N) is 1. The van der Waals surface area contributed by atoms with Gasteiger partial charge in [0.1, 0.15) is 6.04 Å². The van der Waals surface area contributed by atoms with Crippen molar-refractivity contribution in [2.45, 2.75) is 65.2 Å². The third kappa shape index (κ3) is 4.40. The first-order valence-electron chi connectivity index (χ1n) is 14.4. The van der Waals surface area contributed by atoms with E-state index in [4.69, 9.17) is 19.8 Å². The van der Waals surface area contributed by atoms with Gasteiger partial charge in [0.05, 0.1) is 12.7 Å². The first kappa shape index (κ1) is 10.5. The first-order chi connectivity index (χ1) is 17.4. The van der Waals surface area contributed by atoms with Crippen LogP contribution >= 0.6 is 0 Å². The molecule has 3 rings (SSSR count). The Morgan fingerprint density at radius 3 is 2.61 bits per heavy atom. The Labute approximate surface area is 182 Å². The van der Waals surface area contributed by atoms with Crippen LogP contribution in [0.15, 0.2) is 30.5 Å². The zero-order valence-corrected chi connectivity index (χ0v) is 16.3. The summed E-state index contributed by atoms with van der Waals surface area (Å²) < 4.78 is 97.5. The van der Waals surface area contributed by atoms with E-state index in [0.29, 0.717) is 5.39 Å². The molecule has 0 radical (unpaired) electrons. The monoisotopic (exact) mass is 395 g/mol. The number of ether oxygens (including phenoxy) is 1. The van der Waals surface area contributed by atoms with E-state index in [1.165, 1.54) is 19.4 Å². The predicted molar refractivity (Wildman–Crippen MR) is 111 cm³/mol. The van der Waals surface area contributed by atoms with Crippen LogP contribution < -0.4 is 5.32 Å². The molecule has 1 saturated carbocycles. The van der Waals surface area contributed by atoms with Crippen LogP contribution in [0, 0.1) is 11.3 Å². The molecule has 0 aliphatic heterocycles. The lowest BCUT2D eigenvalue weighted by Gasteiger charge is -2.28. The van der Waals surface area contributed by atoms with Gasteiger partial charge in [-0.1, -0.05) is 58.1 Å². The minimum Gasteiger partial charge on any atom is -0.467 e. The van der Waals surface area contributed by atoms with Crippen LogP contribution in [0.4, 0.5) is 0 Å². The third-order valence-electron chi connectivity index (χ3n) is 4.49. The molecule has 1 aromatic carbocycles. The number of carbonyl (C=O) groups excluding carboxylic acids is 2. The van der Waals surface area contributed by atoms with Gasteiger partial charge in [0.15, 0.2) is 0 Å². The average molecular weight is 396 g/mol. The second-order valence-corrected chi connectivity index (χ2v) is 7.59. The summed E-state index contributed by atoms with van der Waals surface area (Å²) in [5.41, 5.74) is -0.511. The van der Waals surface area contributed by atoms with Gasteiger partial charge >= 0.3 is 5.97 Å². The zero-order valence-electron chi connectivity index (χ0n) is 27.3. The molecule has 152 valence electrons. The number of esters is 1. The van der Waals surface area contributed by atoms with Crippen molar-refractivity contribution in [3.05, 3.63) is 36.0 Å². The van der Waals surface area contributed by atoms with Gasteiger partial charge in [-0.05, 0) is 30.1 Å². The van der Waals surface area contributed by atoms with E-state index < -0.39 is 67.6 Å². The van der Waals surface area contributed by atoms with Crippen molar-refractivity contribution in [3.8, 4) is 0 Å². The fraction of sp³-hybridized carbons (Fsp3) is 0.565. The highest BCUT2D eigenvalue weighted by molar-refractivity contribution is 6.08. The Balaban J connectivity index is 2.18. The molecule has 1 N–H and O–H groups in total. The van der Waals surface area contributed by atoms with Gasteiger partial charge < -0.3 is 14.6 Å². The molecule has 1 amide bonds. The molecule has 1 heterocycles. The molecule has 28 heavy (non-hydrogen) atoms. The molecule has 1 aliphatic carbocycles. The Hall–Kier alpha value is -2.30. The Morgan fingerprint density at radius 2 is 1.96 bits per heavy atom. The van der Waals surface area contributed by atoms with E-state index in [1.54, 1.807) is 39.0 Å². The predicted octanol–water partition coefficient (Wildman–Crippen LogP) is 4.54. The number of para-hydroxylation sites is 1. The molecular formula is C23H32N2O3. The fourth-order valence-corrected chi connectivity index (χ4v) is 3.04. The fourth-order valence-electron chi connectivity index (χ4n) is 3.04. The number of nitrogens with one attached hydrogen (secondary N) is 1. The molecule has 2 aromatic rings. The van der Waals surface area contributed by atoms with Crippen LogP contribution in [0.25, 0.3) is 10.9 Å². The van der Waals surface area contributed by atoms with Crippen molar-refractivity contribution >= 4 is 22.8 Å². The molecule has 1 fully saturated rings. The zero-order chi connectivity index (χ0) is 30.2. The maximum atomic E-state index is 13.4. The van der Waals surface area contributed by atoms with Gasteiger partial charge in [-0.2, -0.15) is 0 Å². The summed E-state index contributed by atoms with van der Waals surface area (Å²) in [4.78, 5) is 25.7. The molecule has 1 aliphatic rings. The number of benzene rings is 1. The van der Waals surface area contributed by atoms with Crippen LogP contribution in [-0.4, -0.2) is 29.6 Å². The lowest BCUT2D eigenvalue weighted by atomic mass is 9.86. The number of fused-ring (bicyclic) bond motifs is 1. The van der Waals surface area contributed by atoms with E-state index in [9.17, 15) is 9.59 Å². The standard InChI is InChI=1S/C23H32N2O3/c1-23(2,3)20(22(27)28-4)24-21(26)18-15-25(14-16-10-6-5-7-11-16)19-13-9-8-12-17(18)19/h8-9,12-13,15-16,20H,5-7,10-11,14H2,1-4H3,(H,24,26)/i5D2,6D2,7D2,10D2,11D2,16D. The topological polar surface area (TPSA) is 60.3 Å². The molecule has 1 aromatic heterocycles.